The van der Waals surface area contributed by atoms with E-state index in [1.54, 1.807) is 47.3 Å². The predicted octanol–water partition coefficient (Wildman–Crippen LogP) is 3.72. The maximum Gasteiger partial charge on any atom is 0.387 e. The van der Waals surface area contributed by atoms with Crippen LogP contribution in [0.1, 0.15) is 21.5 Å². The third-order valence-electron chi connectivity index (χ3n) is 4.00. The van der Waals surface area contributed by atoms with Crippen molar-refractivity contribution in [1.82, 2.24) is 15.1 Å². The van der Waals surface area contributed by atoms with Crippen LogP contribution in [0.2, 0.25) is 0 Å². The van der Waals surface area contributed by atoms with Crippen LogP contribution in [-0.2, 0) is 6.54 Å². The highest BCUT2D eigenvalue weighted by atomic mass is 19.3. The van der Waals surface area contributed by atoms with E-state index in [9.17, 15) is 13.6 Å². The lowest BCUT2D eigenvalue weighted by Crippen LogP contribution is -2.22. The Kier molecular flexibility index (Phi) is 5.88. The lowest BCUT2D eigenvalue weighted by Gasteiger charge is -2.12. The normalized spacial score (nSPS) is 10.8. The number of halogens is 2. The smallest absolute Gasteiger partial charge is 0.387 e. The molecule has 0 saturated heterocycles. The molecule has 3 aromatic rings. The molecule has 0 aliphatic rings. The van der Waals surface area contributed by atoms with Gasteiger partial charge in [0.25, 0.3) is 5.91 Å². The van der Waals surface area contributed by atoms with Crippen LogP contribution in [0, 0.1) is 6.92 Å². The zero-order chi connectivity index (χ0) is 20.1. The van der Waals surface area contributed by atoms with Gasteiger partial charge in [0.1, 0.15) is 0 Å². The highest BCUT2D eigenvalue weighted by Gasteiger charge is 2.12. The van der Waals surface area contributed by atoms with Crippen molar-refractivity contribution >= 4 is 5.91 Å². The second-order valence-corrected chi connectivity index (χ2v) is 6.06. The van der Waals surface area contributed by atoms with Crippen LogP contribution in [0.5, 0.6) is 11.5 Å². The summed E-state index contributed by atoms with van der Waals surface area (Å²) < 4.78 is 35.9. The summed E-state index contributed by atoms with van der Waals surface area (Å²) in [6, 6.07) is 11.5. The Balaban J connectivity index is 1.63. The van der Waals surface area contributed by atoms with Crippen LogP contribution in [-0.4, -0.2) is 29.4 Å². The first kappa shape index (κ1) is 19.3. The average molecular weight is 387 g/mol. The van der Waals surface area contributed by atoms with Crippen LogP contribution in [0.25, 0.3) is 5.69 Å². The molecular formula is C20H19F2N3O3. The van der Waals surface area contributed by atoms with Crippen molar-refractivity contribution in [3.05, 3.63) is 71.5 Å². The van der Waals surface area contributed by atoms with E-state index in [0.717, 1.165) is 11.3 Å². The summed E-state index contributed by atoms with van der Waals surface area (Å²) in [5.41, 5.74) is 3.08. The molecular weight excluding hydrogens is 368 g/mol. The lowest BCUT2D eigenvalue weighted by atomic mass is 10.1. The van der Waals surface area contributed by atoms with Crippen molar-refractivity contribution in [2.75, 3.05) is 7.11 Å². The fraction of sp³-hybridized carbons (Fsp3) is 0.200. The maximum atomic E-state index is 12.4. The van der Waals surface area contributed by atoms with E-state index >= 15 is 0 Å². The zero-order valence-corrected chi connectivity index (χ0v) is 15.4. The molecule has 1 aromatic heterocycles. The van der Waals surface area contributed by atoms with Gasteiger partial charge in [-0.2, -0.15) is 13.9 Å². The third-order valence-corrected chi connectivity index (χ3v) is 4.00. The Morgan fingerprint density at radius 2 is 1.93 bits per heavy atom. The first-order valence-corrected chi connectivity index (χ1v) is 8.48. The van der Waals surface area contributed by atoms with Gasteiger partial charge in [-0.25, -0.2) is 4.68 Å². The predicted molar refractivity (Wildman–Crippen MR) is 99.1 cm³/mol. The van der Waals surface area contributed by atoms with E-state index in [1.807, 2.05) is 13.1 Å². The number of amides is 1. The number of ether oxygens (including phenoxy) is 2. The first-order chi connectivity index (χ1) is 13.5. The van der Waals surface area contributed by atoms with E-state index in [-0.39, 0.29) is 24.0 Å². The van der Waals surface area contributed by atoms with Crippen molar-refractivity contribution in [2.24, 2.45) is 0 Å². The van der Waals surface area contributed by atoms with Gasteiger partial charge >= 0.3 is 6.61 Å². The molecule has 146 valence electrons. The summed E-state index contributed by atoms with van der Waals surface area (Å²) in [6.07, 6.45) is 3.65. The zero-order valence-electron chi connectivity index (χ0n) is 15.4. The molecule has 0 unspecified atom stereocenters. The second kappa shape index (κ2) is 8.51. The van der Waals surface area contributed by atoms with E-state index in [4.69, 9.17) is 4.74 Å². The van der Waals surface area contributed by atoms with Crippen molar-refractivity contribution in [3.8, 4) is 17.2 Å². The molecule has 3 rings (SSSR count). The standard InChI is InChI=1S/C20H19F2N3O3/c1-13-10-24-25(12-13)16-6-4-15(5-7-16)19(26)23-11-14-3-8-17(28-20(21)22)18(9-14)27-2/h3-10,12,20H,11H2,1-2H3,(H,23,26). The number of nitrogens with zero attached hydrogens (tertiary/aromatic N) is 2. The molecule has 2 aromatic carbocycles. The first-order valence-electron chi connectivity index (χ1n) is 8.48. The van der Waals surface area contributed by atoms with E-state index < -0.39 is 6.61 Å². The minimum Gasteiger partial charge on any atom is -0.493 e. The van der Waals surface area contributed by atoms with Gasteiger partial charge in [-0.1, -0.05) is 6.07 Å². The van der Waals surface area contributed by atoms with Gasteiger partial charge in [0.05, 0.1) is 19.0 Å². The molecule has 0 fully saturated rings. The summed E-state index contributed by atoms with van der Waals surface area (Å²) in [5, 5.41) is 7.01. The summed E-state index contributed by atoms with van der Waals surface area (Å²) in [4.78, 5) is 12.3. The molecule has 8 heteroatoms. The molecule has 0 aliphatic heterocycles. The monoisotopic (exact) mass is 387 g/mol. The van der Waals surface area contributed by atoms with Crippen molar-refractivity contribution in [1.29, 1.82) is 0 Å². The Labute approximate surface area is 160 Å². The molecule has 28 heavy (non-hydrogen) atoms. The van der Waals surface area contributed by atoms with Gasteiger partial charge in [-0.05, 0) is 54.4 Å². The number of carbonyl (C=O) groups excluding carboxylic acids is 1. The largest absolute Gasteiger partial charge is 0.493 e. The number of hydrogen-bond acceptors (Lipinski definition) is 4. The van der Waals surface area contributed by atoms with E-state index in [2.05, 4.69) is 15.2 Å². The summed E-state index contributed by atoms with van der Waals surface area (Å²) in [6.45, 7) is -0.774. The van der Waals surface area contributed by atoms with Crippen molar-refractivity contribution in [2.45, 2.75) is 20.1 Å². The SMILES string of the molecule is COc1cc(CNC(=O)c2ccc(-n3cc(C)cn3)cc2)ccc1OC(F)F. The molecule has 1 heterocycles. The number of alkyl halides is 2. The Morgan fingerprint density at radius 3 is 2.54 bits per heavy atom. The second-order valence-electron chi connectivity index (χ2n) is 6.06. The van der Waals surface area contributed by atoms with Crippen molar-refractivity contribution < 1.29 is 23.0 Å². The highest BCUT2D eigenvalue weighted by Crippen LogP contribution is 2.29. The molecule has 0 radical (unpaired) electrons. The Hall–Kier alpha value is -3.42. The molecule has 1 amide bonds. The molecule has 0 spiro atoms. The minimum absolute atomic E-state index is 0.0583. The number of benzene rings is 2. The molecule has 0 bridgehead atoms. The van der Waals surface area contributed by atoms with Gasteiger partial charge in [0.2, 0.25) is 0 Å². The molecule has 0 saturated carbocycles. The fourth-order valence-corrected chi connectivity index (χ4v) is 2.62. The van der Waals surface area contributed by atoms with Crippen LogP contribution < -0.4 is 14.8 Å². The average Bonchev–Trinajstić information content (AvgIpc) is 3.13. The maximum absolute atomic E-state index is 12.4. The van der Waals surface area contributed by atoms with E-state index in [1.165, 1.54) is 13.2 Å². The summed E-state index contributed by atoms with van der Waals surface area (Å²) in [5.74, 6) is -0.141. The summed E-state index contributed by atoms with van der Waals surface area (Å²) >= 11 is 0. The van der Waals surface area contributed by atoms with Crippen LogP contribution in [0.4, 0.5) is 8.78 Å². The fourth-order valence-electron chi connectivity index (χ4n) is 2.62. The summed E-state index contributed by atoms with van der Waals surface area (Å²) in [7, 11) is 1.36. The molecule has 0 atom stereocenters. The van der Waals surface area contributed by atoms with Crippen molar-refractivity contribution in [3.63, 3.8) is 0 Å². The molecule has 1 N–H and O–H groups in total. The number of carbonyl (C=O) groups is 1. The van der Waals surface area contributed by atoms with E-state index in [0.29, 0.717) is 11.1 Å². The number of hydrogen-bond donors (Lipinski definition) is 1. The number of aryl methyl sites for hydroxylation is 1. The number of aromatic nitrogens is 2. The van der Waals surface area contributed by atoms with Gasteiger partial charge in [0, 0.05) is 18.3 Å². The third kappa shape index (κ3) is 4.64. The molecule has 6 nitrogen and oxygen atoms in total. The quantitative estimate of drug-likeness (QED) is 0.671. The Morgan fingerprint density at radius 1 is 1.18 bits per heavy atom. The molecule has 0 aliphatic carbocycles. The van der Waals surface area contributed by atoms with Crippen LogP contribution in [0.3, 0.4) is 0 Å². The van der Waals surface area contributed by atoms with Crippen LogP contribution >= 0.6 is 0 Å². The number of rotatable bonds is 7. The minimum atomic E-state index is -2.94. The van der Waals surface area contributed by atoms with Gasteiger partial charge < -0.3 is 14.8 Å². The topological polar surface area (TPSA) is 65.4 Å². The number of methoxy groups -OCH3 is 1. The van der Waals surface area contributed by atoms with Gasteiger partial charge in [-0.15, -0.1) is 0 Å². The Bertz CT molecular complexity index is 956. The highest BCUT2D eigenvalue weighted by molar-refractivity contribution is 5.94. The lowest BCUT2D eigenvalue weighted by molar-refractivity contribution is -0.0512. The van der Waals surface area contributed by atoms with Gasteiger partial charge in [0.15, 0.2) is 11.5 Å². The van der Waals surface area contributed by atoms with Gasteiger partial charge in [-0.3, -0.25) is 4.79 Å². The number of nitrogens with one attached hydrogen (secondary N) is 1. The van der Waals surface area contributed by atoms with Crippen LogP contribution in [0.15, 0.2) is 54.9 Å².